The molecule has 4 heterocycles. The highest BCUT2D eigenvalue weighted by Crippen LogP contribution is 2.35. The van der Waals surface area contributed by atoms with E-state index < -0.39 is 10.5 Å². The predicted octanol–water partition coefficient (Wildman–Crippen LogP) is 8.87. The molecule has 556 valence electrons. The van der Waals surface area contributed by atoms with Crippen molar-refractivity contribution in [3.63, 3.8) is 0 Å². The van der Waals surface area contributed by atoms with Crippen LogP contribution >= 0.6 is 23.5 Å². The van der Waals surface area contributed by atoms with E-state index in [0.29, 0.717) is 31.3 Å². The van der Waals surface area contributed by atoms with E-state index >= 15 is 0 Å². The number of rotatable bonds is 33. The summed E-state index contributed by atoms with van der Waals surface area (Å²) in [7, 11) is 0. The minimum atomic E-state index is -0.523. The number of imide groups is 4. The first-order chi connectivity index (χ1) is 45.0. The van der Waals surface area contributed by atoms with E-state index in [0.717, 1.165) is 40.4 Å². The molecule has 5 aliphatic rings. The Morgan fingerprint density at radius 1 is 0.408 bits per heavy atom. The van der Waals surface area contributed by atoms with Gasteiger partial charge in [0.15, 0.2) is 11.6 Å². The van der Waals surface area contributed by atoms with E-state index in [1.165, 1.54) is 28.4 Å². The van der Waals surface area contributed by atoms with Crippen LogP contribution in [0, 0.1) is 82.9 Å². The molecule has 5 rings (SSSR count). The number of ether oxygens (including phenoxy) is 1. The molecule has 4 unspecified atom stereocenters. The number of hydrogen-bond donors (Lipinski definition) is 1. The van der Waals surface area contributed by atoms with Crippen LogP contribution in [0.2, 0.25) is 0 Å². The van der Waals surface area contributed by atoms with Gasteiger partial charge in [-0.2, -0.15) is 0 Å². The lowest BCUT2D eigenvalue weighted by atomic mass is 9.77. The third-order valence-corrected chi connectivity index (χ3v) is 20.0. The fourth-order valence-electron chi connectivity index (χ4n) is 10.1. The molecular formula is C73H119N5O18S2. The SMILES string of the molecule is C.CC(C)C(=O)CC(=O)C(C)C.CC(C)C(=O)CCOCCNC(=O)CN1C(=O)CC(C(C)C)C1=O.CC(C)C(=O)CN1C(=O)CC(C(C)C)C1=O.CC(C)C(=O)CSC1CC(=O)N(CC(=O)C(C)C)C1=O.CC(C)C(=O)CSC1CC(=O)N(CC2CCC(C(=O)C(C)C)CC2)C1=O. The number of nitrogens with one attached hydrogen (secondary N) is 1. The second-order valence-corrected chi connectivity index (χ2v) is 31.3. The largest absolute Gasteiger partial charge is 0.379 e. The summed E-state index contributed by atoms with van der Waals surface area (Å²) >= 11 is 2.50. The maximum Gasteiger partial charge on any atom is 0.243 e. The highest BCUT2D eigenvalue weighted by molar-refractivity contribution is 8.01. The van der Waals surface area contributed by atoms with Gasteiger partial charge >= 0.3 is 0 Å². The maximum atomic E-state index is 12.6. The second-order valence-electron chi connectivity index (χ2n) is 28.9. The van der Waals surface area contributed by atoms with Gasteiger partial charge in [0.25, 0.3) is 0 Å². The van der Waals surface area contributed by atoms with Crippen molar-refractivity contribution in [3.8, 4) is 0 Å². The standard InChI is InChI=1S/C20H31NO4S.C17H28N2O5.C14H21NO4S.C12H19NO3.C9H16O2.CH4/c1-12(2)16(22)11-26-17-9-18(23)21(20(17)25)10-14-5-7-15(8-6-14)19(24)13(3)4;1-11(2)13-9-16(22)19(17(13)23)10-15(21)18-6-8-24-7-5-14(20)12(3)4;1-8(2)10(16)6-15-13(18)5-12(14(15)19)20-7-11(17)9(3)4;1-7(2)9-5-11(15)13(12(9)16)6-10(14)8(3)4;1-6(2)8(10)5-9(11)7(3)4;/h12-15,17H,5-11H2,1-4H3;11-13H,5-10H2,1-4H3,(H,18,21);8-9,12H,5-7H2,1-4H3;7-9H,5-6H2,1-4H3;6-7H,5H2,1-4H3;1H4. The Balaban J connectivity index is 0.00000123. The number of hydrogen-bond acceptors (Lipinski definition) is 20. The van der Waals surface area contributed by atoms with Crippen molar-refractivity contribution in [2.24, 2.45) is 82.9 Å². The summed E-state index contributed by atoms with van der Waals surface area (Å²) in [6.45, 7) is 37.7. The molecule has 4 saturated heterocycles. The number of carbonyl (C=O) groups excluding carboxylic acids is 17. The number of amides is 9. The zero-order valence-electron chi connectivity index (χ0n) is 61.6. The number of ketones is 8. The van der Waals surface area contributed by atoms with Gasteiger partial charge in [0.2, 0.25) is 53.2 Å². The summed E-state index contributed by atoms with van der Waals surface area (Å²) in [5, 5.41) is 1.67. The van der Waals surface area contributed by atoms with Crippen molar-refractivity contribution in [1.29, 1.82) is 0 Å². The van der Waals surface area contributed by atoms with Gasteiger partial charge in [0.1, 0.15) is 41.2 Å². The molecule has 4 aliphatic heterocycles. The predicted molar refractivity (Wildman–Crippen MR) is 378 cm³/mol. The average Bonchev–Trinajstić information content (AvgIpc) is 1.70. The van der Waals surface area contributed by atoms with Crippen LogP contribution in [-0.4, -0.2) is 187 Å². The number of thioether (sulfide) groups is 2. The summed E-state index contributed by atoms with van der Waals surface area (Å²) in [5.41, 5.74) is 0. The molecule has 0 aromatic rings. The van der Waals surface area contributed by atoms with Crippen molar-refractivity contribution in [1.82, 2.24) is 24.9 Å². The number of nitrogens with zero attached hydrogens (tertiary/aromatic N) is 4. The lowest BCUT2D eigenvalue weighted by Gasteiger charge is -2.30. The molecule has 98 heavy (non-hydrogen) atoms. The van der Waals surface area contributed by atoms with Crippen molar-refractivity contribution < 1.29 is 86.2 Å². The van der Waals surface area contributed by atoms with Crippen molar-refractivity contribution in [3.05, 3.63) is 0 Å². The first kappa shape index (κ1) is 92.1. The Hall–Kier alpha value is -5.95. The van der Waals surface area contributed by atoms with Gasteiger partial charge in [-0.05, 0) is 43.4 Å². The highest BCUT2D eigenvalue weighted by atomic mass is 32.2. The summed E-state index contributed by atoms with van der Waals surface area (Å²) < 4.78 is 5.28. The smallest absolute Gasteiger partial charge is 0.243 e. The molecule has 23 nitrogen and oxygen atoms in total. The van der Waals surface area contributed by atoms with Crippen LogP contribution in [-0.2, 0) is 86.2 Å². The zero-order chi connectivity index (χ0) is 74.6. The van der Waals surface area contributed by atoms with Gasteiger partial charge in [-0.1, -0.05) is 146 Å². The van der Waals surface area contributed by atoms with Crippen LogP contribution in [0.1, 0.15) is 210 Å². The molecule has 4 atom stereocenters. The van der Waals surface area contributed by atoms with Crippen LogP contribution in [0.15, 0.2) is 0 Å². The normalized spacial score (nSPS) is 20.1. The van der Waals surface area contributed by atoms with Gasteiger partial charge in [0.05, 0.1) is 54.7 Å². The topological polar surface area (TPSA) is 324 Å². The van der Waals surface area contributed by atoms with Crippen LogP contribution < -0.4 is 5.32 Å². The van der Waals surface area contributed by atoms with Gasteiger partial charge < -0.3 is 10.1 Å². The van der Waals surface area contributed by atoms with Crippen LogP contribution in [0.25, 0.3) is 0 Å². The molecule has 0 spiro atoms. The fourth-order valence-corrected chi connectivity index (χ4v) is 12.5. The molecule has 0 aromatic heterocycles. The summed E-state index contributed by atoms with van der Waals surface area (Å²) in [6, 6.07) is 0. The van der Waals surface area contributed by atoms with Crippen LogP contribution in [0.3, 0.4) is 0 Å². The Kier molecular flexibility index (Phi) is 42.3. The van der Waals surface area contributed by atoms with E-state index in [1.807, 2.05) is 96.9 Å². The molecule has 0 aromatic carbocycles. The molecule has 25 heteroatoms. The molecule has 9 amide bonds. The molecule has 1 saturated carbocycles. The summed E-state index contributed by atoms with van der Waals surface area (Å²) in [6.07, 6.45) is 4.69. The molecule has 0 bridgehead atoms. The zero-order valence-corrected chi connectivity index (χ0v) is 63.3. The summed E-state index contributed by atoms with van der Waals surface area (Å²) in [5.74, 6) is -1.54. The van der Waals surface area contributed by atoms with E-state index in [1.54, 1.807) is 41.5 Å². The Morgan fingerprint density at radius 3 is 1.11 bits per heavy atom. The van der Waals surface area contributed by atoms with Crippen LogP contribution in [0.4, 0.5) is 0 Å². The van der Waals surface area contributed by atoms with E-state index in [9.17, 15) is 81.5 Å². The summed E-state index contributed by atoms with van der Waals surface area (Å²) in [4.78, 5) is 205. The third kappa shape index (κ3) is 31.3. The monoisotopic (exact) mass is 1420 g/mol. The molecule has 1 aliphatic carbocycles. The minimum absolute atomic E-state index is 0. The first-order valence-electron chi connectivity index (χ1n) is 34.6. The molecule has 5 fully saturated rings. The molecule has 0 radical (unpaired) electrons. The lowest BCUT2D eigenvalue weighted by Crippen LogP contribution is -2.41. The second kappa shape index (κ2) is 45.0. The number of Topliss-reactive ketones (excluding diaryl/α,β-unsaturated/α-hetero) is 8. The highest BCUT2D eigenvalue weighted by Gasteiger charge is 2.44. The Labute approximate surface area is 592 Å². The third-order valence-electron chi connectivity index (χ3n) is 17.5. The average molecular weight is 1420 g/mol. The molecular weight excluding hydrogens is 1300 g/mol. The van der Waals surface area contributed by atoms with E-state index in [2.05, 4.69) is 5.32 Å². The Bertz CT molecular complexity index is 2780. The van der Waals surface area contributed by atoms with Gasteiger partial charge in [-0.25, -0.2) is 0 Å². The molecule has 1 N–H and O–H groups in total. The Morgan fingerprint density at radius 2 is 0.755 bits per heavy atom. The quantitative estimate of drug-likeness (QED) is 0.0364. The van der Waals surface area contributed by atoms with Gasteiger partial charge in [-0.3, -0.25) is 101 Å². The van der Waals surface area contributed by atoms with Crippen molar-refractivity contribution in [2.45, 2.75) is 221 Å². The van der Waals surface area contributed by atoms with Crippen molar-refractivity contribution >= 4 is 123 Å². The number of likely N-dealkylation sites (tertiary alicyclic amines) is 4. The number of carbonyl (C=O) groups is 17. The fraction of sp³-hybridized carbons (Fsp3) is 0.767. The minimum Gasteiger partial charge on any atom is -0.379 e. The first-order valence-corrected chi connectivity index (χ1v) is 36.7. The van der Waals surface area contributed by atoms with Crippen LogP contribution in [0.5, 0.6) is 0 Å². The van der Waals surface area contributed by atoms with Gasteiger partial charge in [0, 0.05) is 110 Å². The maximum absolute atomic E-state index is 12.6. The van der Waals surface area contributed by atoms with E-state index in [-0.39, 0.29) is 254 Å². The van der Waals surface area contributed by atoms with E-state index in [4.69, 9.17) is 4.74 Å². The van der Waals surface area contributed by atoms with Crippen molar-refractivity contribution in [2.75, 3.05) is 57.4 Å². The lowest BCUT2D eigenvalue weighted by molar-refractivity contribution is -0.144. The van der Waals surface area contributed by atoms with Gasteiger partial charge in [-0.15, -0.1) is 23.5 Å².